The molecule has 5 nitrogen and oxygen atoms in total. The van der Waals surface area contributed by atoms with Crippen LogP contribution in [-0.2, 0) is 21.2 Å². The van der Waals surface area contributed by atoms with Gasteiger partial charge < -0.3 is 5.32 Å². The number of anilines is 2. The van der Waals surface area contributed by atoms with Crippen molar-refractivity contribution in [2.24, 2.45) is 0 Å². The molecular formula is C26H24N2O3S. The lowest BCUT2D eigenvalue weighted by Gasteiger charge is -2.11. The maximum Gasteiger partial charge on any atom is 0.261 e. The first kappa shape index (κ1) is 21.6. The molecule has 0 fully saturated rings. The van der Waals surface area contributed by atoms with Gasteiger partial charge in [-0.25, -0.2) is 8.42 Å². The molecule has 1 amide bonds. The van der Waals surface area contributed by atoms with Crippen LogP contribution in [0.5, 0.6) is 0 Å². The number of carbonyl (C=O) groups is 1. The Bertz CT molecular complexity index is 1360. The molecule has 0 aliphatic rings. The van der Waals surface area contributed by atoms with Crippen molar-refractivity contribution in [2.45, 2.75) is 24.7 Å². The third kappa shape index (κ3) is 4.98. The second kappa shape index (κ2) is 9.24. The fourth-order valence-electron chi connectivity index (χ4n) is 3.59. The third-order valence-electron chi connectivity index (χ3n) is 5.34. The van der Waals surface area contributed by atoms with Crippen LogP contribution >= 0.6 is 0 Å². The zero-order valence-corrected chi connectivity index (χ0v) is 18.5. The standard InChI is InChI=1S/C26H24N2O3S/c1-19-7-2-5-12-25(19)28-32(30,31)23-16-14-22(15-17-23)27-26(29)18-13-21-10-6-9-20-8-3-4-11-24(20)21/h2-12,14-17,28H,13,18H2,1H3,(H,27,29). The largest absolute Gasteiger partial charge is 0.326 e. The Hall–Kier alpha value is -3.64. The number of hydrogen-bond acceptors (Lipinski definition) is 3. The highest BCUT2D eigenvalue weighted by atomic mass is 32.2. The molecule has 0 aliphatic heterocycles. The summed E-state index contributed by atoms with van der Waals surface area (Å²) >= 11 is 0. The minimum atomic E-state index is -3.71. The molecular weight excluding hydrogens is 420 g/mol. The van der Waals surface area contributed by atoms with Crippen molar-refractivity contribution in [1.29, 1.82) is 0 Å². The molecule has 0 spiro atoms. The van der Waals surface area contributed by atoms with Gasteiger partial charge in [-0.1, -0.05) is 60.7 Å². The van der Waals surface area contributed by atoms with Gasteiger partial charge in [0.25, 0.3) is 10.0 Å². The topological polar surface area (TPSA) is 75.3 Å². The number of fused-ring (bicyclic) bond motifs is 1. The average molecular weight is 445 g/mol. The summed E-state index contributed by atoms with van der Waals surface area (Å²) in [5.41, 5.74) is 3.06. The lowest BCUT2D eigenvalue weighted by atomic mass is 10.0. The summed E-state index contributed by atoms with van der Waals surface area (Å²) in [4.78, 5) is 12.6. The van der Waals surface area contributed by atoms with Crippen LogP contribution in [0.15, 0.2) is 95.9 Å². The number of aryl methyl sites for hydroxylation is 2. The average Bonchev–Trinajstić information content (AvgIpc) is 2.79. The third-order valence-corrected chi connectivity index (χ3v) is 6.72. The Labute approximate surface area is 188 Å². The number of amides is 1. The van der Waals surface area contributed by atoms with E-state index in [0.717, 1.165) is 21.9 Å². The first-order valence-electron chi connectivity index (χ1n) is 10.4. The molecule has 0 radical (unpaired) electrons. The summed E-state index contributed by atoms with van der Waals surface area (Å²) in [7, 11) is -3.71. The predicted octanol–water partition coefficient (Wildman–Crippen LogP) is 5.52. The lowest BCUT2D eigenvalue weighted by molar-refractivity contribution is -0.116. The quantitative estimate of drug-likeness (QED) is 0.394. The van der Waals surface area contributed by atoms with E-state index in [1.54, 1.807) is 24.3 Å². The number of nitrogens with one attached hydrogen (secondary N) is 2. The van der Waals surface area contributed by atoms with Crippen molar-refractivity contribution in [3.05, 3.63) is 102 Å². The van der Waals surface area contributed by atoms with E-state index in [-0.39, 0.29) is 10.8 Å². The van der Waals surface area contributed by atoms with E-state index in [1.807, 2.05) is 43.3 Å². The number of hydrogen-bond donors (Lipinski definition) is 2. The molecule has 0 unspecified atom stereocenters. The molecule has 0 atom stereocenters. The predicted molar refractivity (Wildman–Crippen MR) is 129 cm³/mol. The van der Waals surface area contributed by atoms with Gasteiger partial charge in [0.05, 0.1) is 10.6 Å². The number of carbonyl (C=O) groups excluding carboxylic acids is 1. The van der Waals surface area contributed by atoms with Crippen LogP contribution in [0.4, 0.5) is 11.4 Å². The SMILES string of the molecule is Cc1ccccc1NS(=O)(=O)c1ccc(NC(=O)CCc2cccc3ccccc23)cc1. The van der Waals surface area contributed by atoms with Gasteiger partial charge in [-0.15, -0.1) is 0 Å². The highest BCUT2D eigenvalue weighted by Gasteiger charge is 2.15. The van der Waals surface area contributed by atoms with Gasteiger partial charge in [0, 0.05) is 12.1 Å². The van der Waals surface area contributed by atoms with E-state index < -0.39 is 10.0 Å². The molecule has 4 aromatic carbocycles. The van der Waals surface area contributed by atoms with Gasteiger partial charge in [-0.3, -0.25) is 9.52 Å². The van der Waals surface area contributed by atoms with Crippen LogP contribution < -0.4 is 10.0 Å². The van der Waals surface area contributed by atoms with E-state index in [1.165, 1.54) is 12.1 Å². The first-order chi connectivity index (χ1) is 15.4. The minimum Gasteiger partial charge on any atom is -0.326 e. The zero-order valence-electron chi connectivity index (χ0n) is 17.7. The first-order valence-corrected chi connectivity index (χ1v) is 11.9. The second-order valence-electron chi connectivity index (χ2n) is 7.63. The van der Waals surface area contributed by atoms with Crippen LogP contribution in [0.25, 0.3) is 10.8 Å². The Morgan fingerprint density at radius 1 is 0.812 bits per heavy atom. The van der Waals surface area contributed by atoms with E-state index in [9.17, 15) is 13.2 Å². The fourth-order valence-corrected chi connectivity index (χ4v) is 4.72. The molecule has 0 bridgehead atoms. The summed E-state index contributed by atoms with van der Waals surface area (Å²) in [5.74, 6) is -0.119. The number of sulfonamides is 1. The highest BCUT2D eigenvalue weighted by Crippen LogP contribution is 2.22. The Morgan fingerprint density at radius 2 is 1.50 bits per heavy atom. The molecule has 0 saturated carbocycles. The van der Waals surface area contributed by atoms with Gasteiger partial charge in [-0.2, -0.15) is 0 Å². The fraction of sp³-hybridized carbons (Fsp3) is 0.115. The van der Waals surface area contributed by atoms with E-state index in [2.05, 4.69) is 28.2 Å². The van der Waals surface area contributed by atoms with Crippen LogP contribution in [0.3, 0.4) is 0 Å². The summed E-state index contributed by atoms with van der Waals surface area (Å²) in [6.07, 6.45) is 0.961. The van der Waals surface area contributed by atoms with Crippen molar-refractivity contribution in [2.75, 3.05) is 10.0 Å². The summed E-state index contributed by atoms with van der Waals surface area (Å²) in [6, 6.07) is 27.6. The van der Waals surface area contributed by atoms with Gasteiger partial charge in [0.15, 0.2) is 0 Å². The van der Waals surface area contributed by atoms with Crippen molar-refractivity contribution in [3.8, 4) is 0 Å². The maximum atomic E-state index is 12.7. The van der Waals surface area contributed by atoms with Crippen molar-refractivity contribution in [3.63, 3.8) is 0 Å². The molecule has 2 N–H and O–H groups in total. The Balaban J connectivity index is 1.39. The van der Waals surface area contributed by atoms with Crippen molar-refractivity contribution in [1.82, 2.24) is 0 Å². The van der Waals surface area contributed by atoms with Gasteiger partial charge in [-0.05, 0) is 65.6 Å². The number of benzene rings is 4. The molecule has 0 aliphatic carbocycles. The summed E-state index contributed by atoms with van der Waals surface area (Å²) in [5, 5.41) is 5.15. The molecule has 4 aromatic rings. The van der Waals surface area contributed by atoms with Crippen LogP contribution in [0.1, 0.15) is 17.5 Å². The molecule has 32 heavy (non-hydrogen) atoms. The molecule has 0 saturated heterocycles. The Morgan fingerprint density at radius 3 is 2.28 bits per heavy atom. The summed E-state index contributed by atoms with van der Waals surface area (Å²) in [6.45, 7) is 1.84. The lowest BCUT2D eigenvalue weighted by Crippen LogP contribution is -2.15. The van der Waals surface area contributed by atoms with E-state index in [4.69, 9.17) is 0 Å². The normalized spacial score (nSPS) is 11.3. The Kier molecular flexibility index (Phi) is 6.23. The molecule has 4 rings (SSSR count). The van der Waals surface area contributed by atoms with Crippen molar-refractivity contribution < 1.29 is 13.2 Å². The number of rotatable bonds is 7. The molecule has 0 heterocycles. The second-order valence-corrected chi connectivity index (χ2v) is 9.31. The molecule has 162 valence electrons. The van der Waals surface area contributed by atoms with E-state index >= 15 is 0 Å². The van der Waals surface area contributed by atoms with Crippen LogP contribution in [0, 0.1) is 6.92 Å². The molecule has 6 heteroatoms. The molecule has 0 aromatic heterocycles. The van der Waals surface area contributed by atoms with Crippen LogP contribution in [-0.4, -0.2) is 14.3 Å². The zero-order chi connectivity index (χ0) is 22.6. The number of para-hydroxylation sites is 1. The van der Waals surface area contributed by atoms with Gasteiger partial charge in [0.2, 0.25) is 5.91 Å². The van der Waals surface area contributed by atoms with Gasteiger partial charge in [0.1, 0.15) is 0 Å². The smallest absolute Gasteiger partial charge is 0.261 e. The van der Waals surface area contributed by atoms with Crippen molar-refractivity contribution >= 4 is 38.1 Å². The maximum absolute atomic E-state index is 12.7. The highest BCUT2D eigenvalue weighted by molar-refractivity contribution is 7.92. The van der Waals surface area contributed by atoms with Gasteiger partial charge >= 0.3 is 0 Å². The monoisotopic (exact) mass is 444 g/mol. The minimum absolute atomic E-state index is 0.119. The van der Waals surface area contributed by atoms with Crippen LogP contribution in [0.2, 0.25) is 0 Å². The summed E-state index contributed by atoms with van der Waals surface area (Å²) < 4.78 is 27.9. The van der Waals surface area contributed by atoms with E-state index in [0.29, 0.717) is 24.2 Å².